The highest BCUT2D eigenvalue weighted by Gasteiger charge is 2.21. The summed E-state index contributed by atoms with van der Waals surface area (Å²) in [7, 11) is 1.53. The molecule has 0 bridgehead atoms. The van der Waals surface area contributed by atoms with E-state index >= 15 is 0 Å². The molecule has 4 nitrogen and oxygen atoms in total. The highest BCUT2D eigenvalue weighted by Crippen LogP contribution is 2.27. The molecule has 18 heavy (non-hydrogen) atoms. The molecule has 1 atom stereocenters. The van der Waals surface area contributed by atoms with Gasteiger partial charge in [0.15, 0.2) is 0 Å². The number of carbonyl (C=O) groups is 1. The number of hydrogen-bond acceptors (Lipinski definition) is 4. The van der Waals surface area contributed by atoms with Gasteiger partial charge < -0.3 is 14.6 Å². The molecule has 0 saturated carbocycles. The van der Waals surface area contributed by atoms with Crippen molar-refractivity contribution in [3.63, 3.8) is 0 Å². The second-order valence-electron chi connectivity index (χ2n) is 5.05. The van der Waals surface area contributed by atoms with E-state index in [4.69, 9.17) is 9.47 Å². The summed E-state index contributed by atoms with van der Waals surface area (Å²) >= 11 is 0. The van der Waals surface area contributed by atoms with Crippen molar-refractivity contribution in [1.82, 2.24) is 0 Å². The van der Waals surface area contributed by atoms with Gasteiger partial charge in [-0.05, 0) is 26.8 Å². The van der Waals surface area contributed by atoms with E-state index in [2.05, 4.69) is 0 Å². The van der Waals surface area contributed by atoms with Crippen LogP contribution in [-0.2, 0) is 9.53 Å². The molecule has 1 aromatic rings. The SMILES string of the molecule is COc1ccccc1[C@@H](O)CC(=O)OC(C)(C)C. The highest BCUT2D eigenvalue weighted by molar-refractivity contribution is 5.71. The van der Waals surface area contributed by atoms with Gasteiger partial charge in [-0.1, -0.05) is 18.2 Å². The van der Waals surface area contributed by atoms with Crippen molar-refractivity contribution in [3.8, 4) is 5.75 Å². The monoisotopic (exact) mass is 252 g/mol. The Hall–Kier alpha value is -1.55. The number of rotatable bonds is 4. The Morgan fingerprint density at radius 3 is 2.50 bits per heavy atom. The van der Waals surface area contributed by atoms with Crippen molar-refractivity contribution in [2.75, 3.05) is 7.11 Å². The Morgan fingerprint density at radius 2 is 1.94 bits per heavy atom. The predicted molar refractivity (Wildman–Crippen MR) is 68.4 cm³/mol. The number of para-hydroxylation sites is 1. The third kappa shape index (κ3) is 4.37. The Kier molecular flexibility index (Phi) is 4.73. The van der Waals surface area contributed by atoms with Gasteiger partial charge in [-0.3, -0.25) is 4.79 Å². The maximum atomic E-state index is 11.6. The summed E-state index contributed by atoms with van der Waals surface area (Å²) in [6, 6.07) is 7.07. The summed E-state index contributed by atoms with van der Waals surface area (Å²) in [5.74, 6) is 0.134. The lowest BCUT2D eigenvalue weighted by Gasteiger charge is -2.21. The molecular weight excluding hydrogens is 232 g/mol. The zero-order valence-electron chi connectivity index (χ0n) is 11.3. The van der Waals surface area contributed by atoms with Crippen molar-refractivity contribution in [1.29, 1.82) is 0 Å². The van der Waals surface area contributed by atoms with E-state index in [1.54, 1.807) is 39.0 Å². The van der Waals surface area contributed by atoms with Gasteiger partial charge in [0.2, 0.25) is 0 Å². The molecule has 0 spiro atoms. The number of esters is 1. The van der Waals surface area contributed by atoms with Crippen LogP contribution >= 0.6 is 0 Å². The van der Waals surface area contributed by atoms with Crippen molar-refractivity contribution in [3.05, 3.63) is 29.8 Å². The third-order valence-corrected chi connectivity index (χ3v) is 2.28. The molecule has 1 N–H and O–H groups in total. The van der Waals surface area contributed by atoms with Crippen LogP contribution in [0.1, 0.15) is 38.9 Å². The van der Waals surface area contributed by atoms with E-state index in [-0.39, 0.29) is 6.42 Å². The lowest BCUT2D eigenvalue weighted by Crippen LogP contribution is -2.25. The predicted octanol–water partition coefficient (Wildman–Crippen LogP) is 2.46. The first-order valence-corrected chi connectivity index (χ1v) is 5.86. The highest BCUT2D eigenvalue weighted by atomic mass is 16.6. The van der Waals surface area contributed by atoms with Crippen LogP contribution in [0.4, 0.5) is 0 Å². The number of carbonyl (C=O) groups excluding carboxylic acids is 1. The lowest BCUT2D eigenvalue weighted by atomic mass is 10.1. The van der Waals surface area contributed by atoms with Gasteiger partial charge in [-0.2, -0.15) is 0 Å². The van der Waals surface area contributed by atoms with Crippen LogP contribution in [0.25, 0.3) is 0 Å². The van der Waals surface area contributed by atoms with Crippen LogP contribution in [0, 0.1) is 0 Å². The van der Waals surface area contributed by atoms with Crippen LogP contribution in [0.15, 0.2) is 24.3 Å². The Bertz CT molecular complexity index is 407. The molecule has 0 unspecified atom stereocenters. The van der Waals surface area contributed by atoms with Crippen LogP contribution in [-0.4, -0.2) is 23.8 Å². The van der Waals surface area contributed by atoms with E-state index in [0.717, 1.165) is 0 Å². The summed E-state index contributed by atoms with van der Waals surface area (Å²) < 4.78 is 10.3. The number of methoxy groups -OCH3 is 1. The number of aliphatic hydroxyl groups is 1. The average molecular weight is 252 g/mol. The van der Waals surface area contributed by atoms with Gasteiger partial charge in [0.25, 0.3) is 0 Å². The molecule has 4 heteroatoms. The fraction of sp³-hybridized carbons (Fsp3) is 0.500. The minimum Gasteiger partial charge on any atom is -0.496 e. The summed E-state index contributed by atoms with van der Waals surface area (Å²) in [5.41, 5.74) is 0.0447. The van der Waals surface area contributed by atoms with Gasteiger partial charge in [0, 0.05) is 5.56 Å². The maximum absolute atomic E-state index is 11.6. The fourth-order valence-electron chi connectivity index (χ4n) is 1.59. The van der Waals surface area contributed by atoms with Crippen molar-refractivity contribution in [2.45, 2.75) is 38.9 Å². The van der Waals surface area contributed by atoms with Crippen LogP contribution in [0.5, 0.6) is 5.75 Å². The molecule has 0 aliphatic heterocycles. The first kappa shape index (κ1) is 14.5. The first-order valence-electron chi connectivity index (χ1n) is 5.86. The standard InChI is InChI=1S/C14H20O4/c1-14(2,3)18-13(16)9-11(15)10-7-5-6-8-12(10)17-4/h5-8,11,15H,9H2,1-4H3/t11-/m0/s1. The molecule has 0 radical (unpaired) electrons. The zero-order chi connectivity index (χ0) is 13.8. The van der Waals surface area contributed by atoms with E-state index in [0.29, 0.717) is 11.3 Å². The minimum absolute atomic E-state index is 0.0857. The van der Waals surface area contributed by atoms with Gasteiger partial charge in [0.1, 0.15) is 11.4 Å². The smallest absolute Gasteiger partial charge is 0.309 e. The molecule has 0 aromatic heterocycles. The number of ether oxygens (including phenoxy) is 2. The van der Waals surface area contributed by atoms with Gasteiger partial charge in [0.05, 0.1) is 19.6 Å². The van der Waals surface area contributed by atoms with E-state index in [1.165, 1.54) is 7.11 Å². The van der Waals surface area contributed by atoms with E-state index in [1.807, 2.05) is 6.07 Å². The molecule has 0 heterocycles. The maximum Gasteiger partial charge on any atom is 0.309 e. The lowest BCUT2D eigenvalue weighted by molar-refractivity contribution is -0.157. The molecule has 0 aliphatic carbocycles. The Labute approximate surface area is 108 Å². The Balaban J connectivity index is 2.70. The second kappa shape index (κ2) is 5.87. The minimum atomic E-state index is -0.920. The summed E-state index contributed by atoms with van der Waals surface area (Å²) in [5, 5.41) is 10.0. The molecule has 1 rings (SSSR count). The Morgan fingerprint density at radius 1 is 1.33 bits per heavy atom. The molecule has 100 valence electrons. The average Bonchev–Trinajstić information content (AvgIpc) is 2.26. The first-order chi connectivity index (χ1) is 8.33. The fourth-order valence-corrected chi connectivity index (χ4v) is 1.59. The van der Waals surface area contributed by atoms with Gasteiger partial charge in [-0.25, -0.2) is 0 Å². The van der Waals surface area contributed by atoms with E-state index in [9.17, 15) is 9.90 Å². The third-order valence-electron chi connectivity index (χ3n) is 2.28. The topological polar surface area (TPSA) is 55.8 Å². The van der Waals surface area contributed by atoms with Crippen molar-refractivity contribution in [2.24, 2.45) is 0 Å². The number of benzene rings is 1. The molecule has 1 aromatic carbocycles. The molecule has 0 saturated heterocycles. The summed E-state index contributed by atoms with van der Waals surface area (Å²) in [6.45, 7) is 5.38. The van der Waals surface area contributed by atoms with Crippen molar-refractivity contribution >= 4 is 5.97 Å². The quantitative estimate of drug-likeness (QED) is 0.836. The molecule has 0 amide bonds. The summed E-state index contributed by atoms with van der Waals surface area (Å²) in [6.07, 6.45) is -1.01. The zero-order valence-corrected chi connectivity index (χ0v) is 11.3. The van der Waals surface area contributed by atoms with Crippen LogP contribution in [0.3, 0.4) is 0 Å². The normalized spacial score (nSPS) is 12.9. The van der Waals surface area contributed by atoms with Crippen LogP contribution < -0.4 is 4.74 Å². The molecular formula is C14H20O4. The van der Waals surface area contributed by atoms with Crippen LogP contribution in [0.2, 0.25) is 0 Å². The van der Waals surface area contributed by atoms with E-state index < -0.39 is 17.7 Å². The van der Waals surface area contributed by atoms with Gasteiger partial charge >= 0.3 is 5.97 Å². The number of hydrogen-bond donors (Lipinski definition) is 1. The largest absolute Gasteiger partial charge is 0.496 e. The van der Waals surface area contributed by atoms with Crippen molar-refractivity contribution < 1.29 is 19.4 Å². The molecule has 0 aliphatic rings. The van der Waals surface area contributed by atoms with Gasteiger partial charge in [-0.15, -0.1) is 0 Å². The summed E-state index contributed by atoms with van der Waals surface area (Å²) in [4.78, 5) is 11.6. The molecule has 0 fully saturated rings. The number of aliphatic hydroxyl groups excluding tert-OH is 1. The second-order valence-corrected chi connectivity index (χ2v) is 5.05.